The van der Waals surface area contributed by atoms with Crippen molar-refractivity contribution in [2.45, 2.75) is 107 Å². The SMILES string of the molecule is C=C(C(=O)[C@H](OC(C)=O)[C@@H](C)[C@H]1[C@@H](OC(C)=O)C[C@@]2(C)[C@@H]3CC[C@H]4[C@H](C)C(=O)C=C[C@]4(C)C3(C)CC[C@]12C)[C@@H](C)COC(=O)CN(C)C. The molecule has 0 aliphatic heterocycles. The predicted octanol–water partition coefficient (Wildman–Crippen LogP) is 5.99. The summed E-state index contributed by atoms with van der Waals surface area (Å²) in [4.78, 5) is 66.0. The topological polar surface area (TPSA) is 116 Å². The maximum absolute atomic E-state index is 14.2. The summed E-state index contributed by atoms with van der Waals surface area (Å²) in [5, 5.41) is 0. The second kappa shape index (κ2) is 13.5. The third kappa shape index (κ3) is 6.22. The van der Waals surface area contributed by atoms with Gasteiger partial charge in [-0.3, -0.25) is 28.9 Å². The van der Waals surface area contributed by atoms with Crippen molar-refractivity contribution in [3.8, 4) is 0 Å². The van der Waals surface area contributed by atoms with Crippen molar-refractivity contribution < 1.29 is 38.2 Å². The minimum absolute atomic E-state index is 0.0214. The number of nitrogens with zero attached hydrogens (tertiary/aromatic N) is 1. The third-order valence-corrected chi connectivity index (χ3v) is 13.9. The largest absolute Gasteiger partial charge is 0.464 e. The van der Waals surface area contributed by atoms with Gasteiger partial charge in [-0.2, -0.15) is 0 Å². The first-order chi connectivity index (χ1) is 22.1. The Morgan fingerprint density at radius 1 is 0.979 bits per heavy atom. The lowest BCUT2D eigenvalue weighted by atomic mass is 9.35. The molecule has 4 rings (SSSR count). The molecule has 1 unspecified atom stereocenters. The number of likely N-dealkylation sites (N-methyl/N-ethyl adjacent to an activating group) is 1. The molecule has 0 bridgehead atoms. The smallest absolute Gasteiger partial charge is 0.320 e. The molecule has 0 N–H and O–H groups in total. The third-order valence-electron chi connectivity index (χ3n) is 13.9. The molecule has 12 atom stereocenters. The summed E-state index contributed by atoms with van der Waals surface area (Å²) in [6.07, 6.45) is 6.68. The van der Waals surface area contributed by atoms with Crippen LogP contribution < -0.4 is 0 Å². The summed E-state index contributed by atoms with van der Waals surface area (Å²) < 4.78 is 17.4. The molecule has 0 amide bonds. The van der Waals surface area contributed by atoms with Gasteiger partial charge >= 0.3 is 17.9 Å². The van der Waals surface area contributed by atoms with Crippen molar-refractivity contribution in [3.05, 3.63) is 24.3 Å². The van der Waals surface area contributed by atoms with E-state index in [1.54, 1.807) is 32.0 Å². The number of rotatable bonds is 11. The Morgan fingerprint density at radius 2 is 1.60 bits per heavy atom. The van der Waals surface area contributed by atoms with E-state index in [1.807, 2.05) is 6.92 Å². The summed E-state index contributed by atoms with van der Waals surface area (Å²) >= 11 is 0. The Labute approximate surface area is 287 Å². The van der Waals surface area contributed by atoms with Crippen LogP contribution in [0.1, 0.15) is 94.4 Å². The first-order valence-electron chi connectivity index (χ1n) is 17.8. The van der Waals surface area contributed by atoms with Crippen LogP contribution in [0.2, 0.25) is 0 Å². The number of allylic oxidation sites excluding steroid dienone is 2. The van der Waals surface area contributed by atoms with Gasteiger partial charge < -0.3 is 14.2 Å². The fraction of sp³-hybridized carbons (Fsp3) is 0.769. The van der Waals surface area contributed by atoms with Crippen molar-refractivity contribution >= 4 is 29.5 Å². The van der Waals surface area contributed by atoms with Gasteiger partial charge in [0.2, 0.25) is 0 Å². The molecule has 0 aromatic carbocycles. The van der Waals surface area contributed by atoms with E-state index in [1.165, 1.54) is 13.8 Å². The summed E-state index contributed by atoms with van der Waals surface area (Å²) in [6, 6.07) is 0. The van der Waals surface area contributed by atoms with E-state index in [4.69, 9.17) is 14.2 Å². The van der Waals surface area contributed by atoms with Crippen LogP contribution in [0.3, 0.4) is 0 Å². The average molecular weight is 670 g/mol. The van der Waals surface area contributed by atoms with E-state index in [2.05, 4.69) is 47.3 Å². The molecule has 9 nitrogen and oxygen atoms in total. The van der Waals surface area contributed by atoms with Crippen molar-refractivity contribution in [2.24, 2.45) is 57.2 Å². The van der Waals surface area contributed by atoms with Gasteiger partial charge in [0.1, 0.15) is 6.10 Å². The summed E-state index contributed by atoms with van der Waals surface area (Å²) in [6.45, 7) is 22.0. The Hall–Kier alpha value is -2.81. The molecular formula is C39H59NO8. The zero-order valence-corrected chi connectivity index (χ0v) is 31.1. The highest BCUT2D eigenvalue weighted by atomic mass is 16.6. The molecule has 0 heterocycles. The number of esters is 3. The van der Waals surface area contributed by atoms with Crippen molar-refractivity contribution in [3.63, 3.8) is 0 Å². The highest BCUT2D eigenvalue weighted by molar-refractivity contribution is 6.00. The Morgan fingerprint density at radius 3 is 2.19 bits per heavy atom. The minimum Gasteiger partial charge on any atom is -0.464 e. The minimum atomic E-state index is -1.15. The maximum atomic E-state index is 14.2. The Bertz CT molecular complexity index is 1370. The van der Waals surface area contributed by atoms with Crippen LogP contribution in [-0.4, -0.2) is 73.8 Å². The number of hydrogen-bond donors (Lipinski definition) is 0. The molecule has 9 heteroatoms. The van der Waals surface area contributed by atoms with Crippen LogP contribution in [0.15, 0.2) is 24.3 Å². The molecule has 3 saturated carbocycles. The average Bonchev–Trinajstić information content (AvgIpc) is 3.21. The van der Waals surface area contributed by atoms with Crippen molar-refractivity contribution in [2.75, 3.05) is 27.2 Å². The number of Topliss-reactive ketones (excluding diaryl/α,β-unsaturated/α-hetero) is 1. The highest BCUT2D eigenvalue weighted by Gasteiger charge is 2.73. The van der Waals surface area contributed by atoms with Crippen LogP contribution in [0.5, 0.6) is 0 Å². The molecule has 48 heavy (non-hydrogen) atoms. The van der Waals surface area contributed by atoms with Crippen LogP contribution in [0.4, 0.5) is 0 Å². The van der Waals surface area contributed by atoms with E-state index in [0.717, 1.165) is 25.7 Å². The monoisotopic (exact) mass is 669 g/mol. The van der Waals surface area contributed by atoms with Gasteiger partial charge in [-0.15, -0.1) is 0 Å². The zero-order valence-electron chi connectivity index (χ0n) is 31.1. The van der Waals surface area contributed by atoms with Crippen molar-refractivity contribution in [1.29, 1.82) is 0 Å². The van der Waals surface area contributed by atoms with Gasteiger partial charge in [-0.05, 0) is 91.3 Å². The second-order valence-electron chi connectivity index (χ2n) is 16.8. The molecule has 0 saturated heterocycles. The highest BCUT2D eigenvalue weighted by Crippen LogP contribution is 2.77. The van der Waals surface area contributed by atoms with E-state index in [9.17, 15) is 24.0 Å². The fourth-order valence-electron chi connectivity index (χ4n) is 11.1. The van der Waals surface area contributed by atoms with Gasteiger partial charge in [0, 0.05) is 37.5 Å². The molecule has 3 fully saturated rings. The molecule has 0 aromatic heterocycles. The zero-order chi connectivity index (χ0) is 36.1. The fourth-order valence-corrected chi connectivity index (χ4v) is 11.1. The van der Waals surface area contributed by atoms with Crippen LogP contribution in [0.25, 0.3) is 0 Å². The molecule has 0 radical (unpaired) electrons. The molecule has 0 spiro atoms. The number of hydrogen-bond acceptors (Lipinski definition) is 9. The lowest BCUT2D eigenvalue weighted by Crippen LogP contribution is -2.63. The molecule has 4 aliphatic rings. The number of carbonyl (C=O) groups excluding carboxylic acids is 5. The Kier molecular flexibility index (Phi) is 10.7. The number of carbonyl (C=O) groups is 5. The normalized spacial score (nSPS) is 38.9. The quantitative estimate of drug-likeness (QED) is 0.149. The van der Waals surface area contributed by atoms with E-state index < -0.39 is 41.8 Å². The van der Waals surface area contributed by atoms with Gasteiger partial charge in [0.25, 0.3) is 0 Å². The van der Waals surface area contributed by atoms with E-state index in [-0.39, 0.29) is 75.8 Å². The molecule has 0 aromatic rings. The second-order valence-corrected chi connectivity index (χ2v) is 16.8. The van der Waals surface area contributed by atoms with Gasteiger partial charge in [0.05, 0.1) is 13.2 Å². The summed E-state index contributed by atoms with van der Waals surface area (Å²) in [7, 11) is 3.53. The Balaban J connectivity index is 1.70. The van der Waals surface area contributed by atoms with Gasteiger partial charge in [-0.25, -0.2) is 0 Å². The summed E-state index contributed by atoms with van der Waals surface area (Å²) in [5.41, 5.74) is -0.648. The number of fused-ring (bicyclic) bond motifs is 5. The van der Waals surface area contributed by atoms with Gasteiger partial charge in [0.15, 0.2) is 17.7 Å². The van der Waals surface area contributed by atoms with E-state index >= 15 is 0 Å². The molecular weight excluding hydrogens is 610 g/mol. The number of ether oxygens (including phenoxy) is 3. The lowest BCUT2D eigenvalue weighted by molar-refractivity contribution is -0.198. The van der Waals surface area contributed by atoms with E-state index in [0.29, 0.717) is 6.42 Å². The number of ketones is 2. The van der Waals surface area contributed by atoms with Gasteiger partial charge in [-0.1, -0.05) is 61.1 Å². The van der Waals surface area contributed by atoms with Crippen LogP contribution in [-0.2, 0) is 38.2 Å². The van der Waals surface area contributed by atoms with Crippen LogP contribution in [0, 0.1) is 57.2 Å². The standard InChI is InChI=1S/C39H59NO8/c1-22(21-46-32(44)20-40(11)12)23(2)34(45)35(48-27(6)42)25(4)33-30(47-26(5)41)19-39(10)31-14-13-28-24(3)29(43)15-16-36(28,7)37(31,8)17-18-38(33,39)9/h15-16,22,24-25,28,30-31,33,35H,2,13-14,17-21H2,1,3-12H3/t22-,24-,25-,28-,30-,31+,33-,35+,36-,37?,38+,39-/m0/s1. The first-order valence-corrected chi connectivity index (χ1v) is 17.8. The molecule has 4 aliphatic carbocycles. The predicted molar refractivity (Wildman–Crippen MR) is 182 cm³/mol. The van der Waals surface area contributed by atoms with Crippen molar-refractivity contribution in [1.82, 2.24) is 4.90 Å². The first kappa shape index (κ1) is 38.0. The summed E-state index contributed by atoms with van der Waals surface area (Å²) in [5.74, 6) is -2.31. The molecule has 268 valence electrons. The van der Waals surface area contributed by atoms with Crippen LogP contribution >= 0.6 is 0 Å². The lowest BCUT2D eigenvalue weighted by Gasteiger charge is -2.69. The maximum Gasteiger partial charge on any atom is 0.320 e.